The molecule has 1 aromatic rings. The first-order chi connectivity index (χ1) is 8.58. The summed E-state index contributed by atoms with van der Waals surface area (Å²) in [4.78, 5) is 11.6. The Kier molecular flexibility index (Phi) is 5.95. The van der Waals surface area contributed by atoms with Crippen molar-refractivity contribution < 1.29 is 9.53 Å². The predicted octanol–water partition coefficient (Wildman–Crippen LogP) is 2.54. The van der Waals surface area contributed by atoms with Gasteiger partial charge in [-0.1, -0.05) is 11.6 Å². The number of carbonyl (C=O) groups is 1. The highest BCUT2D eigenvalue weighted by Gasteiger charge is 2.10. The predicted molar refractivity (Wildman–Crippen MR) is 74.4 cm³/mol. The summed E-state index contributed by atoms with van der Waals surface area (Å²) in [6.07, 6.45) is 0. The Morgan fingerprint density at radius 2 is 2.22 bits per heavy atom. The molecule has 0 saturated heterocycles. The van der Waals surface area contributed by atoms with Crippen LogP contribution in [-0.4, -0.2) is 32.2 Å². The van der Waals surface area contributed by atoms with Crippen molar-refractivity contribution in [2.75, 3.05) is 25.6 Å². The molecule has 0 aromatic heterocycles. The lowest BCUT2D eigenvalue weighted by Crippen LogP contribution is -2.22. The summed E-state index contributed by atoms with van der Waals surface area (Å²) in [7, 11) is 1.58. The molecule has 5 heteroatoms. The van der Waals surface area contributed by atoms with E-state index in [1.165, 1.54) is 0 Å². The molecular weight excluding hydrogens is 252 g/mol. The molecule has 0 aliphatic carbocycles. The Hall–Kier alpha value is -1.26. The largest absolute Gasteiger partial charge is 0.380 e. The number of anilines is 1. The zero-order valence-electron chi connectivity index (χ0n) is 10.9. The van der Waals surface area contributed by atoms with E-state index in [4.69, 9.17) is 16.3 Å². The van der Waals surface area contributed by atoms with Crippen molar-refractivity contribution in [1.29, 1.82) is 0 Å². The fourth-order valence-electron chi connectivity index (χ4n) is 1.54. The Morgan fingerprint density at radius 3 is 2.83 bits per heavy atom. The molecule has 0 aliphatic heterocycles. The molecule has 1 amide bonds. The normalized spacial score (nSPS) is 12.0. The molecule has 100 valence electrons. The van der Waals surface area contributed by atoms with Gasteiger partial charge in [0.15, 0.2) is 0 Å². The van der Waals surface area contributed by atoms with E-state index in [9.17, 15) is 4.79 Å². The van der Waals surface area contributed by atoms with Crippen LogP contribution in [0.25, 0.3) is 0 Å². The molecule has 1 atom stereocenters. The topological polar surface area (TPSA) is 50.4 Å². The van der Waals surface area contributed by atoms with Gasteiger partial charge >= 0.3 is 0 Å². The lowest BCUT2D eigenvalue weighted by molar-refractivity contribution is 0.0963. The Labute approximate surface area is 113 Å². The second kappa shape index (κ2) is 7.24. The number of benzene rings is 1. The van der Waals surface area contributed by atoms with Crippen LogP contribution in [0.3, 0.4) is 0 Å². The molecule has 1 aromatic carbocycles. The number of rotatable bonds is 6. The van der Waals surface area contributed by atoms with Crippen molar-refractivity contribution in [2.24, 2.45) is 0 Å². The maximum atomic E-state index is 11.6. The van der Waals surface area contributed by atoms with Gasteiger partial charge in [-0.3, -0.25) is 4.79 Å². The summed E-state index contributed by atoms with van der Waals surface area (Å²) < 4.78 is 5.32. The zero-order chi connectivity index (χ0) is 13.5. The van der Waals surface area contributed by atoms with Crippen molar-refractivity contribution in [3.63, 3.8) is 0 Å². The highest BCUT2D eigenvalue weighted by molar-refractivity contribution is 6.34. The van der Waals surface area contributed by atoms with Crippen LogP contribution >= 0.6 is 11.6 Å². The van der Waals surface area contributed by atoms with Crippen molar-refractivity contribution >= 4 is 23.2 Å². The summed E-state index contributed by atoms with van der Waals surface area (Å²) in [5.74, 6) is -0.193. The number of halogens is 1. The van der Waals surface area contributed by atoms with Gasteiger partial charge < -0.3 is 15.4 Å². The number of hydrogen-bond donors (Lipinski definition) is 2. The second-order valence-electron chi connectivity index (χ2n) is 3.98. The third-order valence-electron chi connectivity index (χ3n) is 2.42. The van der Waals surface area contributed by atoms with E-state index in [1.807, 2.05) is 19.9 Å². The summed E-state index contributed by atoms with van der Waals surface area (Å²) >= 11 is 5.98. The van der Waals surface area contributed by atoms with Gasteiger partial charge in [-0.15, -0.1) is 0 Å². The first kappa shape index (κ1) is 14.8. The first-order valence-electron chi connectivity index (χ1n) is 5.94. The molecule has 0 radical (unpaired) electrons. The summed E-state index contributed by atoms with van der Waals surface area (Å²) in [5.41, 5.74) is 1.32. The summed E-state index contributed by atoms with van der Waals surface area (Å²) in [5, 5.41) is 6.26. The van der Waals surface area contributed by atoms with Crippen molar-refractivity contribution in [1.82, 2.24) is 5.32 Å². The van der Waals surface area contributed by atoms with Gasteiger partial charge in [0, 0.05) is 25.4 Å². The molecule has 0 fully saturated rings. The van der Waals surface area contributed by atoms with Crippen molar-refractivity contribution in [2.45, 2.75) is 19.9 Å². The van der Waals surface area contributed by atoms with Crippen LogP contribution < -0.4 is 10.6 Å². The number of ether oxygens (including phenoxy) is 1. The molecule has 0 heterocycles. The third-order valence-corrected chi connectivity index (χ3v) is 2.75. The molecule has 4 nitrogen and oxygen atoms in total. The van der Waals surface area contributed by atoms with Gasteiger partial charge in [0.05, 0.1) is 17.2 Å². The Balaban J connectivity index is 2.75. The fraction of sp³-hybridized carbons (Fsp3) is 0.462. The van der Waals surface area contributed by atoms with Gasteiger partial charge in [0.25, 0.3) is 5.91 Å². The van der Waals surface area contributed by atoms with Crippen molar-refractivity contribution in [3.05, 3.63) is 28.8 Å². The summed E-state index contributed by atoms with van der Waals surface area (Å²) in [6.45, 7) is 5.28. The van der Waals surface area contributed by atoms with Gasteiger partial charge in [-0.25, -0.2) is 0 Å². The number of carbonyl (C=O) groups excluding carboxylic acids is 1. The molecule has 0 aliphatic rings. The highest BCUT2D eigenvalue weighted by Crippen LogP contribution is 2.21. The highest BCUT2D eigenvalue weighted by atomic mass is 35.5. The average molecular weight is 271 g/mol. The fourth-order valence-corrected chi connectivity index (χ4v) is 1.75. The molecule has 2 N–H and O–H groups in total. The average Bonchev–Trinajstić information content (AvgIpc) is 2.37. The van der Waals surface area contributed by atoms with Crippen molar-refractivity contribution in [3.8, 4) is 0 Å². The number of amides is 1. The Morgan fingerprint density at radius 1 is 1.50 bits per heavy atom. The quantitative estimate of drug-likeness (QED) is 0.835. The minimum atomic E-state index is -0.193. The number of nitrogens with one attached hydrogen (secondary N) is 2. The zero-order valence-corrected chi connectivity index (χ0v) is 11.7. The molecule has 0 bridgehead atoms. The van der Waals surface area contributed by atoms with Crippen LogP contribution in [0.4, 0.5) is 5.69 Å². The van der Waals surface area contributed by atoms with E-state index in [0.29, 0.717) is 23.8 Å². The molecule has 0 spiro atoms. The van der Waals surface area contributed by atoms with Crippen LogP contribution in [0.1, 0.15) is 24.2 Å². The molecule has 18 heavy (non-hydrogen) atoms. The number of hydrogen-bond acceptors (Lipinski definition) is 3. The molecular formula is C13H19ClN2O2. The van der Waals surface area contributed by atoms with E-state index in [-0.39, 0.29) is 11.9 Å². The van der Waals surface area contributed by atoms with Crippen LogP contribution in [-0.2, 0) is 4.74 Å². The third kappa shape index (κ3) is 4.20. The van der Waals surface area contributed by atoms with E-state index in [2.05, 4.69) is 10.6 Å². The van der Waals surface area contributed by atoms with Crippen LogP contribution in [0.15, 0.2) is 18.2 Å². The van der Waals surface area contributed by atoms with E-state index in [1.54, 1.807) is 19.2 Å². The molecule has 1 unspecified atom stereocenters. The second-order valence-corrected chi connectivity index (χ2v) is 4.39. The first-order valence-corrected chi connectivity index (χ1v) is 6.32. The van der Waals surface area contributed by atoms with Gasteiger partial charge in [0.2, 0.25) is 0 Å². The van der Waals surface area contributed by atoms with Crippen LogP contribution in [0, 0.1) is 0 Å². The van der Waals surface area contributed by atoms with Gasteiger partial charge in [0.1, 0.15) is 0 Å². The lowest BCUT2D eigenvalue weighted by atomic mass is 10.1. The SMILES string of the molecule is CCOCC(C)Nc1ccc(Cl)c(C(=O)NC)c1. The van der Waals surface area contributed by atoms with E-state index >= 15 is 0 Å². The monoisotopic (exact) mass is 270 g/mol. The minimum absolute atomic E-state index is 0.170. The molecule has 1 rings (SSSR count). The van der Waals surface area contributed by atoms with E-state index < -0.39 is 0 Å². The summed E-state index contributed by atoms with van der Waals surface area (Å²) in [6, 6.07) is 5.46. The maximum Gasteiger partial charge on any atom is 0.252 e. The van der Waals surface area contributed by atoms with E-state index in [0.717, 1.165) is 5.69 Å². The smallest absolute Gasteiger partial charge is 0.252 e. The Bertz CT molecular complexity index is 410. The van der Waals surface area contributed by atoms with Gasteiger partial charge in [-0.2, -0.15) is 0 Å². The molecule has 0 saturated carbocycles. The minimum Gasteiger partial charge on any atom is -0.380 e. The lowest BCUT2D eigenvalue weighted by Gasteiger charge is -2.16. The standard InChI is InChI=1S/C13H19ClN2O2/c1-4-18-8-9(2)16-10-5-6-12(14)11(7-10)13(17)15-3/h5-7,9,16H,4,8H2,1-3H3,(H,15,17). The van der Waals surface area contributed by atoms with Gasteiger partial charge in [-0.05, 0) is 32.0 Å². The maximum absolute atomic E-state index is 11.6. The van der Waals surface area contributed by atoms with Crippen LogP contribution in [0.5, 0.6) is 0 Å². The van der Waals surface area contributed by atoms with Crippen LogP contribution in [0.2, 0.25) is 5.02 Å².